The van der Waals surface area contributed by atoms with E-state index in [0.717, 1.165) is 16.8 Å². The van der Waals surface area contributed by atoms with Crippen molar-refractivity contribution in [1.82, 2.24) is 24.6 Å². The van der Waals surface area contributed by atoms with Gasteiger partial charge in [-0.1, -0.05) is 30.3 Å². The first-order valence-electron chi connectivity index (χ1n) is 10.7. The Morgan fingerprint density at radius 2 is 1.68 bits per heavy atom. The van der Waals surface area contributed by atoms with E-state index in [0.29, 0.717) is 16.6 Å². The molecule has 0 bridgehead atoms. The van der Waals surface area contributed by atoms with Gasteiger partial charge in [0.05, 0.1) is 28.6 Å². The summed E-state index contributed by atoms with van der Waals surface area (Å²) in [6.45, 7) is 0.0313. The smallest absolute Gasteiger partial charge is 0.261 e. The predicted octanol–water partition coefficient (Wildman–Crippen LogP) is 3.70. The zero-order valence-electron chi connectivity index (χ0n) is 18.1. The Morgan fingerprint density at radius 3 is 2.47 bits per heavy atom. The molecule has 0 aliphatic carbocycles. The summed E-state index contributed by atoms with van der Waals surface area (Å²) in [5, 5.41) is 7.98. The number of aromatic nitrogens is 4. The van der Waals surface area contributed by atoms with E-state index in [-0.39, 0.29) is 30.4 Å². The summed E-state index contributed by atoms with van der Waals surface area (Å²) < 4.78 is 16.5. The molecule has 0 aliphatic rings. The number of rotatable bonds is 6. The van der Waals surface area contributed by atoms with E-state index >= 15 is 0 Å². The first kappa shape index (κ1) is 21.3. The van der Waals surface area contributed by atoms with Gasteiger partial charge in [-0.15, -0.1) is 0 Å². The first-order chi connectivity index (χ1) is 16.6. The molecule has 1 amide bonds. The van der Waals surface area contributed by atoms with Crippen molar-refractivity contribution in [3.63, 3.8) is 0 Å². The molecule has 1 N–H and O–H groups in total. The second-order valence-electron chi connectivity index (χ2n) is 7.76. The molecule has 0 saturated heterocycles. The Bertz CT molecular complexity index is 1520. The zero-order chi connectivity index (χ0) is 23.5. The van der Waals surface area contributed by atoms with Crippen molar-refractivity contribution in [3.8, 4) is 16.9 Å². The van der Waals surface area contributed by atoms with Crippen molar-refractivity contribution in [3.05, 3.63) is 113 Å². The standard InChI is InChI=1S/C26H20FN5O2/c27-20-12-10-18(11-13-20)25-19(15-32(30-25)21-6-2-1-3-7-21)14-28-24(33)16-31-17-29-23-9-5-4-8-22(23)26(31)34/h1-13,15,17H,14,16H2,(H,28,33). The van der Waals surface area contributed by atoms with Gasteiger partial charge in [-0.3, -0.25) is 14.2 Å². The number of benzene rings is 3. The van der Waals surface area contributed by atoms with Crippen molar-refractivity contribution in [2.45, 2.75) is 13.1 Å². The molecule has 5 rings (SSSR count). The van der Waals surface area contributed by atoms with E-state index in [4.69, 9.17) is 0 Å². The molecule has 5 aromatic rings. The summed E-state index contributed by atoms with van der Waals surface area (Å²) in [5.41, 5.74) is 3.29. The average Bonchev–Trinajstić information content (AvgIpc) is 3.30. The van der Waals surface area contributed by atoms with Crippen LogP contribution >= 0.6 is 0 Å². The summed E-state index contributed by atoms with van der Waals surface area (Å²) in [5.74, 6) is -0.674. The van der Waals surface area contributed by atoms with Gasteiger partial charge in [0.15, 0.2) is 0 Å². The molecule has 0 aliphatic heterocycles. The predicted molar refractivity (Wildman–Crippen MR) is 127 cm³/mol. The van der Waals surface area contributed by atoms with Crippen LogP contribution in [0.1, 0.15) is 5.56 Å². The Kier molecular flexibility index (Phi) is 5.70. The van der Waals surface area contributed by atoms with Crippen LogP contribution in [-0.2, 0) is 17.9 Å². The van der Waals surface area contributed by atoms with Crippen LogP contribution in [0.5, 0.6) is 0 Å². The molecule has 3 aromatic carbocycles. The van der Waals surface area contributed by atoms with Crippen LogP contribution < -0.4 is 10.9 Å². The minimum absolute atomic E-state index is 0.157. The van der Waals surface area contributed by atoms with E-state index in [1.54, 1.807) is 41.1 Å². The maximum Gasteiger partial charge on any atom is 0.261 e. The average molecular weight is 453 g/mol. The molecule has 0 spiro atoms. The molecule has 7 nitrogen and oxygen atoms in total. The van der Waals surface area contributed by atoms with Gasteiger partial charge in [0.25, 0.3) is 5.56 Å². The van der Waals surface area contributed by atoms with Crippen LogP contribution in [0.4, 0.5) is 4.39 Å². The highest BCUT2D eigenvalue weighted by Gasteiger charge is 2.14. The lowest BCUT2D eigenvalue weighted by molar-refractivity contribution is -0.121. The van der Waals surface area contributed by atoms with Gasteiger partial charge in [0.1, 0.15) is 12.4 Å². The number of amides is 1. The Labute approximate surface area is 194 Å². The van der Waals surface area contributed by atoms with Crippen LogP contribution in [0.2, 0.25) is 0 Å². The third-order valence-corrected chi connectivity index (χ3v) is 5.45. The third kappa shape index (κ3) is 4.33. The maximum absolute atomic E-state index is 13.4. The molecule has 2 heterocycles. The molecule has 2 aromatic heterocycles. The fraction of sp³-hybridized carbons (Fsp3) is 0.0769. The maximum atomic E-state index is 13.4. The fourth-order valence-corrected chi connectivity index (χ4v) is 3.73. The van der Waals surface area contributed by atoms with Gasteiger partial charge in [0.2, 0.25) is 5.91 Å². The summed E-state index contributed by atoms with van der Waals surface area (Å²) >= 11 is 0. The number of halogens is 1. The second-order valence-corrected chi connectivity index (χ2v) is 7.76. The summed E-state index contributed by atoms with van der Waals surface area (Å²) in [6.07, 6.45) is 3.21. The minimum Gasteiger partial charge on any atom is -0.350 e. The fourth-order valence-electron chi connectivity index (χ4n) is 3.73. The highest BCUT2D eigenvalue weighted by atomic mass is 19.1. The van der Waals surface area contributed by atoms with Gasteiger partial charge in [0, 0.05) is 23.9 Å². The largest absolute Gasteiger partial charge is 0.350 e. The van der Waals surface area contributed by atoms with Gasteiger partial charge in [-0.05, 0) is 48.5 Å². The SMILES string of the molecule is O=C(Cn1cnc2ccccc2c1=O)NCc1cn(-c2ccccc2)nc1-c1ccc(F)cc1. The normalized spacial score (nSPS) is 11.0. The van der Waals surface area contributed by atoms with Crippen molar-refractivity contribution in [2.24, 2.45) is 0 Å². The highest BCUT2D eigenvalue weighted by molar-refractivity contribution is 5.79. The van der Waals surface area contributed by atoms with E-state index in [9.17, 15) is 14.0 Å². The Morgan fingerprint density at radius 1 is 0.941 bits per heavy atom. The van der Waals surface area contributed by atoms with Gasteiger partial charge in [-0.25, -0.2) is 14.1 Å². The summed E-state index contributed by atoms with van der Waals surface area (Å²) in [7, 11) is 0. The van der Waals surface area contributed by atoms with Gasteiger partial charge in [-0.2, -0.15) is 5.10 Å². The number of carbonyl (C=O) groups excluding carboxylic acids is 1. The molecule has 8 heteroatoms. The minimum atomic E-state index is -0.337. The molecule has 0 fully saturated rings. The number of para-hydroxylation sites is 2. The van der Waals surface area contributed by atoms with Gasteiger partial charge >= 0.3 is 0 Å². The van der Waals surface area contributed by atoms with E-state index in [2.05, 4.69) is 15.4 Å². The summed E-state index contributed by atoms with van der Waals surface area (Å²) in [4.78, 5) is 29.6. The molecule has 0 saturated carbocycles. The van der Waals surface area contributed by atoms with Crippen LogP contribution in [-0.4, -0.2) is 25.2 Å². The monoisotopic (exact) mass is 453 g/mol. The molecule has 0 unspecified atom stereocenters. The Hall–Kier alpha value is -4.59. The number of nitrogens with one attached hydrogen (secondary N) is 1. The molecule has 0 atom stereocenters. The molecule has 0 radical (unpaired) electrons. The molecule has 168 valence electrons. The van der Waals surface area contributed by atoms with Crippen molar-refractivity contribution in [1.29, 1.82) is 0 Å². The van der Waals surface area contributed by atoms with Crippen LogP contribution in [0.15, 0.2) is 96.2 Å². The van der Waals surface area contributed by atoms with Crippen molar-refractivity contribution < 1.29 is 9.18 Å². The summed E-state index contributed by atoms with van der Waals surface area (Å²) in [6, 6.07) is 22.6. The van der Waals surface area contributed by atoms with Crippen molar-refractivity contribution in [2.75, 3.05) is 0 Å². The molecule has 34 heavy (non-hydrogen) atoms. The number of hydrogen-bond acceptors (Lipinski definition) is 4. The Balaban J connectivity index is 1.39. The van der Waals surface area contributed by atoms with Crippen LogP contribution in [0.25, 0.3) is 27.8 Å². The third-order valence-electron chi connectivity index (χ3n) is 5.45. The van der Waals surface area contributed by atoms with Gasteiger partial charge < -0.3 is 5.32 Å². The number of hydrogen-bond donors (Lipinski definition) is 1. The van der Waals surface area contributed by atoms with Crippen LogP contribution in [0.3, 0.4) is 0 Å². The number of nitrogens with zero attached hydrogens (tertiary/aromatic N) is 4. The topological polar surface area (TPSA) is 81.8 Å². The molecular weight excluding hydrogens is 433 g/mol. The number of fused-ring (bicyclic) bond motifs is 1. The quantitative estimate of drug-likeness (QED) is 0.425. The molecular formula is C26H20FN5O2. The lowest BCUT2D eigenvalue weighted by Crippen LogP contribution is -2.32. The van der Waals surface area contributed by atoms with Crippen LogP contribution in [0, 0.1) is 5.82 Å². The highest BCUT2D eigenvalue weighted by Crippen LogP contribution is 2.24. The lowest BCUT2D eigenvalue weighted by atomic mass is 10.1. The van der Waals surface area contributed by atoms with E-state index in [1.807, 2.05) is 36.5 Å². The zero-order valence-corrected chi connectivity index (χ0v) is 18.1. The van der Waals surface area contributed by atoms with Crippen molar-refractivity contribution >= 4 is 16.8 Å². The lowest BCUT2D eigenvalue weighted by Gasteiger charge is -2.08. The second kappa shape index (κ2) is 9.11. The first-order valence-corrected chi connectivity index (χ1v) is 10.7. The number of carbonyl (C=O) groups is 1. The van der Waals surface area contributed by atoms with E-state index in [1.165, 1.54) is 23.0 Å². The van der Waals surface area contributed by atoms with E-state index < -0.39 is 0 Å².